The van der Waals surface area contributed by atoms with Gasteiger partial charge in [0.1, 0.15) is 0 Å². The third kappa shape index (κ3) is 11.8. The van der Waals surface area contributed by atoms with Crippen LogP contribution >= 0.6 is 34.8 Å². The van der Waals surface area contributed by atoms with E-state index in [0.717, 1.165) is 115 Å². The Morgan fingerprint density at radius 2 is 0.843 bits per heavy atom. The molecule has 0 spiro atoms. The molecule has 6 N–H and O–H groups in total. The number of hydrogen-bond donors (Lipinski definition) is 3. The van der Waals surface area contributed by atoms with E-state index in [-0.39, 0.29) is 0 Å². The predicted octanol–water partition coefficient (Wildman–Crippen LogP) is 6.21. The summed E-state index contributed by atoms with van der Waals surface area (Å²) in [4.78, 5) is 14.3. The zero-order valence-corrected chi connectivity index (χ0v) is 32.9. The minimum atomic E-state index is 0.634. The average Bonchev–Trinajstić information content (AvgIpc) is 3.15. The maximum atomic E-state index is 6.05. The topological polar surface area (TPSA) is 107 Å². The predicted molar refractivity (Wildman–Crippen MR) is 221 cm³/mol. The van der Waals surface area contributed by atoms with E-state index in [9.17, 15) is 0 Å². The third-order valence-electron chi connectivity index (χ3n) is 9.83. The number of methoxy groups -OCH3 is 1. The quantitative estimate of drug-likeness (QED) is 0.218. The van der Waals surface area contributed by atoms with Gasteiger partial charge in [0.15, 0.2) is 0 Å². The Kier molecular flexibility index (Phi) is 16.9. The van der Waals surface area contributed by atoms with Crippen molar-refractivity contribution in [1.29, 1.82) is 0 Å². The van der Waals surface area contributed by atoms with Gasteiger partial charge >= 0.3 is 0 Å². The van der Waals surface area contributed by atoms with Crippen LogP contribution in [-0.4, -0.2) is 127 Å². The lowest BCUT2D eigenvalue weighted by atomic mass is 10.2. The van der Waals surface area contributed by atoms with Gasteiger partial charge in [0.25, 0.3) is 0 Å². The number of hydrogen-bond acceptors (Lipinski definition) is 10. The second-order valence-electron chi connectivity index (χ2n) is 13.1. The second kappa shape index (κ2) is 21.0. The van der Waals surface area contributed by atoms with E-state index in [4.69, 9.17) is 56.7 Å². The second-order valence-corrected chi connectivity index (χ2v) is 14.3. The molecule has 3 aromatic carbocycles. The van der Waals surface area contributed by atoms with E-state index in [0.29, 0.717) is 32.1 Å². The summed E-state index contributed by atoms with van der Waals surface area (Å²) >= 11 is 18.1. The van der Waals surface area contributed by atoms with Crippen LogP contribution in [0.2, 0.25) is 15.1 Å². The highest BCUT2D eigenvalue weighted by Crippen LogP contribution is 2.32. The molecule has 13 heteroatoms. The van der Waals surface area contributed by atoms with Gasteiger partial charge in [-0.3, -0.25) is 9.80 Å². The van der Waals surface area contributed by atoms with Gasteiger partial charge in [-0.05, 0) is 55.9 Å². The van der Waals surface area contributed by atoms with Gasteiger partial charge in [0, 0.05) is 92.2 Å². The Bertz CT molecular complexity index is 1470. The minimum Gasteiger partial charge on any atom is -0.396 e. The highest BCUT2D eigenvalue weighted by Gasteiger charge is 2.21. The van der Waals surface area contributed by atoms with Crippen molar-refractivity contribution in [3.63, 3.8) is 0 Å². The first-order chi connectivity index (χ1) is 24.7. The molecule has 0 atom stereocenters. The molecule has 3 fully saturated rings. The van der Waals surface area contributed by atoms with E-state index < -0.39 is 0 Å². The number of piperazine rings is 3. The molecule has 10 nitrogen and oxygen atoms in total. The summed E-state index contributed by atoms with van der Waals surface area (Å²) in [6.45, 7) is 21.1. The maximum absolute atomic E-state index is 6.05. The molecule has 3 aliphatic heterocycles. The van der Waals surface area contributed by atoms with Crippen LogP contribution in [0.1, 0.15) is 20.3 Å². The molecule has 0 aromatic heterocycles. The normalized spacial score (nSPS) is 17.4. The van der Waals surface area contributed by atoms with E-state index in [1.54, 1.807) is 7.11 Å². The first-order valence-corrected chi connectivity index (χ1v) is 19.3. The summed E-state index contributed by atoms with van der Waals surface area (Å²) in [6.07, 6.45) is 1.22. The molecular weight excluding hydrogens is 705 g/mol. The standard InChI is InChI=1S/C13H20ClN3O.C13H20ClN3.C12H18ClN3/c1-18-10-9-16-5-7-17(8-6-16)12-4-2-3-11(14)13(12)15;1-2-6-16-7-9-17(10-8-16)12-5-3-4-11(14)13(12)15;1-2-15-6-8-16(9-7-15)11-5-3-4-10(13)12(11)14/h2-4H,5-10,15H2,1H3;3-5H,2,6-10,15H2,1H3;3-5H,2,6-9,14H2,1H3. The number of nitrogens with two attached hydrogens (primary N) is 3. The Balaban J connectivity index is 0.000000172. The lowest BCUT2D eigenvalue weighted by Gasteiger charge is -2.36. The van der Waals surface area contributed by atoms with Gasteiger partial charge in [-0.1, -0.05) is 66.8 Å². The number of likely N-dealkylation sites (N-methyl/N-ethyl adjacent to an activating group) is 1. The van der Waals surface area contributed by atoms with Crippen molar-refractivity contribution in [2.75, 3.05) is 144 Å². The number of nitrogen functional groups attached to an aromatic ring is 3. The highest BCUT2D eigenvalue weighted by molar-refractivity contribution is 6.34. The van der Waals surface area contributed by atoms with Gasteiger partial charge in [0.2, 0.25) is 0 Å². The van der Waals surface area contributed by atoms with Crippen molar-refractivity contribution in [2.45, 2.75) is 20.3 Å². The van der Waals surface area contributed by atoms with Crippen molar-refractivity contribution in [3.8, 4) is 0 Å². The summed E-state index contributed by atoms with van der Waals surface area (Å²) in [6, 6.07) is 17.5. The molecule has 6 rings (SSSR count). The van der Waals surface area contributed by atoms with Gasteiger partial charge in [-0.2, -0.15) is 0 Å². The van der Waals surface area contributed by atoms with Crippen LogP contribution in [0, 0.1) is 0 Å². The molecule has 0 saturated carbocycles. The number of nitrogens with zero attached hydrogens (tertiary/aromatic N) is 6. The fourth-order valence-electron chi connectivity index (χ4n) is 6.67. The Morgan fingerprint density at radius 1 is 0.510 bits per heavy atom. The number of anilines is 6. The molecule has 3 heterocycles. The van der Waals surface area contributed by atoms with E-state index >= 15 is 0 Å². The van der Waals surface area contributed by atoms with Crippen LogP contribution in [-0.2, 0) is 4.74 Å². The molecule has 0 amide bonds. The molecule has 0 unspecified atom stereocenters. The molecular formula is C38H58Cl3N9O. The van der Waals surface area contributed by atoms with Gasteiger partial charge in [-0.15, -0.1) is 0 Å². The largest absolute Gasteiger partial charge is 0.396 e. The zero-order valence-electron chi connectivity index (χ0n) is 30.7. The summed E-state index contributed by atoms with van der Waals surface area (Å²) in [5.41, 5.74) is 23.3. The number of halogens is 3. The molecule has 3 saturated heterocycles. The lowest BCUT2D eigenvalue weighted by Crippen LogP contribution is -2.47. The maximum Gasteiger partial charge on any atom is 0.0741 e. The van der Waals surface area contributed by atoms with Crippen molar-refractivity contribution < 1.29 is 4.74 Å². The minimum absolute atomic E-state index is 0.634. The van der Waals surface area contributed by atoms with Crippen LogP contribution in [0.4, 0.5) is 34.1 Å². The van der Waals surface area contributed by atoms with E-state index in [2.05, 4.69) is 49.3 Å². The van der Waals surface area contributed by atoms with Crippen LogP contribution in [0.15, 0.2) is 54.6 Å². The molecule has 0 radical (unpaired) electrons. The van der Waals surface area contributed by atoms with Crippen molar-refractivity contribution in [3.05, 3.63) is 69.7 Å². The summed E-state index contributed by atoms with van der Waals surface area (Å²) in [7, 11) is 1.74. The zero-order chi connectivity index (χ0) is 36.8. The van der Waals surface area contributed by atoms with Gasteiger partial charge < -0.3 is 41.5 Å². The summed E-state index contributed by atoms with van der Waals surface area (Å²) < 4.78 is 5.10. The molecule has 3 aromatic rings. The van der Waals surface area contributed by atoms with Crippen LogP contribution in [0.25, 0.3) is 0 Å². The highest BCUT2D eigenvalue weighted by atomic mass is 35.5. The van der Waals surface area contributed by atoms with E-state index in [1.165, 1.54) is 13.0 Å². The van der Waals surface area contributed by atoms with Crippen LogP contribution in [0.3, 0.4) is 0 Å². The first kappa shape index (κ1) is 40.9. The van der Waals surface area contributed by atoms with Crippen molar-refractivity contribution in [2.24, 2.45) is 0 Å². The average molecular weight is 763 g/mol. The van der Waals surface area contributed by atoms with Gasteiger partial charge in [0.05, 0.1) is 55.8 Å². The molecule has 282 valence electrons. The fraction of sp³-hybridized carbons (Fsp3) is 0.526. The smallest absolute Gasteiger partial charge is 0.0741 e. The van der Waals surface area contributed by atoms with Crippen LogP contribution in [0.5, 0.6) is 0 Å². The monoisotopic (exact) mass is 761 g/mol. The first-order valence-electron chi connectivity index (χ1n) is 18.2. The summed E-state index contributed by atoms with van der Waals surface area (Å²) in [5, 5.41) is 1.93. The Labute approximate surface area is 320 Å². The fourth-order valence-corrected chi connectivity index (χ4v) is 7.18. The Morgan fingerprint density at radius 3 is 1.16 bits per heavy atom. The number of ether oxygens (including phenoxy) is 1. The Hall–Kier alpha value is -2.83. The molecule has 3 aliphatic rings. The molecule has 0 bridgehead atoms. The van der Waals surface area contributed by atoms with Crippen molar-refractivity contribution >= 4 is 68.9 Å². The SMILES string of the molecule is CCCN1CCN(c2cccc(Cl)c2N)CC1.CCN1CCN(c2cccc(Cl)c2N)CC1.COCCN1CCN(c2cccc(Cl)c2N)CC1. The number of para-hydroxylation sites is 3. The molecule has 51 heavy (non-hydrogen) atoms. The van der Waals surface area contributed by atoms with Crippen LogP contribution < -0.4 is 31.9 Å². The summed E-state index contributed by atoms with van der Waals surface area (Å²) in [5.74, 6) is 0. The number of rotatable bonds is 9. The van der Waals surface area contributed by atoms with E-state index in [1.807, 2.05) is 48.5 Å². The molecule has 0 aliphatic carbocycles. The number of benzene rings is 3. The lowest BCUT2D eigenvalue weighted by molar-refractivity contribution is 0.144. The third-order valence-corrected chi connectivity index (χ3v) is 10.8. The van der Waals surface area contributed by atoms with Crippen molar-refractivity contribution in [1.82, 2.24) is 14.7 Å². The van der Waals surface area contributed by atoms with Gasteiger partial charge in [-0.25, -0.2) is 0 Å².